The average Bonchev–Trinajstić information content (AvgIpc) is 2.10. The number of aliphatic hydroxyl groups excluding tert-OH is 1. The minimum absolute atomic E-state index is 0.126. The van der Waals surface area contributed by atoms with Gasteiger partial charge in [-0.2, -0.15) is 0 Å². The van der Waals surface area contributed by atoms with Gasteiger partial charge in [0.15, 0.2) is 0 Å². The maximum absolute atomic E-state index is 10.9. The summed E-state index contributed by atoms with van der Waals surface area (Å²) in [5.74, 6) is -0.330. The molecule has 0 aliphatic heterocycles. The molecular weight excluding hydrogens is 170 g/mol. The van der Waals surface area contributed by atoms with Crippen molar-refractivity contribution in [3.05, 3.63) is 0 Å². The van der Waals surface area contributed by atoms with Gasteiger partial charge in [-0.25, -0.2) is 0 Å². The Labute approximate surface area is 79.3 Å². The molecule has 0 rings (SSSR count). The molecule has 0 radical (unpaired) electrons. The highest BCUT2D eigenvalue weighted by atomic mass is 16.5. The molecule has 0 saturated carbocycles. The summed E-state index contributed by atoms with van der Waals surface area (Å²) in [5.41, 5.74) is 0. The molecule has 0 aromatic heterocycles. The highest BCUT2D eigenvalue weighted by Gasteiger charge is 2.11. The van der Waals surface area contributed by atoms with Crippen molar-refractivity contribution in [3.63, 3.8) is 0 Å². The second-order valence-corrected chi connectivity index (χ2v) is 3.27. The molecule has 0 aromatic carbocycles. The first-order chi connectivity index (χ1) is 6.07. The quantitative estimate of drug-likeness (QED) is 0.461. The van der Waals surface area contributed by atoms with Gasteiger partial charge in [-0.1, -0.05) is 6.92 Å². The molecular formula is C9H19NO3. The zero-order valence-electron chi connectivity index (χ0n) is 8.54. The van der Waals surface area contributed by atoms with Gasteiger partial charge in [-0.05, 0) is 19.9 Å². The third-order valence-electron chi connectivity index (χ3n) is 1.79. The molecule has 4 nitrogen and oxygen atoms in total. The van der Waals surface area contributed by atoms with E-state index in [9.17, 15) is 4.79 Å². The molecule has 0 aliphatic carbocycles. The van der Waals surface area contributed by atoms with Crippen molar-refractivity contribution in [2.75, 3.05) is 20.2 Å². The maximum atomic E-state index is 10.9. The maximum Gasteiger partial charge on any atom is 0.309 e. The number of rotatable bonds is 6. The largest absolute Gasteiger partial charge is 0.469 e. The minimum Gasteiger partial charge on any atom is -0.469 e. The third-order valence-corrected chi connectivity index (χ3v) is 1.79. The normalized spacial score (nSPS) is 15.1. The Morgan fingerprint density at radius 3 is 2.62 bits per heavy atom. The molecule has 4 heteroatoms. The van der Waals surface area contributed by atoms with E-state index in [1.807, 2.05) is 0 Å². The number of nitrogens with one attached hydrogen (secondary N) is 1. The Morgan fingerprint density at radius 1 is 1.54 bits per heavy atom. The Morgan fingerprint density at radius 2 is 2.15 bits per heavy atom. The van der Waals surface area contributed by atoms with Gasteiger partial charge in [-0.15, -0.1) is 0 Å². The van der Waals surface area contributed by atoms with Crippen molar-refractivity contribution < 1.29 is 14.6 Å². The van der Waals surface area contributed by atoms with Crippen molar-refractivity contribution in [2.24, 2.45) is 5.92 Å². The van der Waals surface area contributed by atoms with E-state index in [1.165, 1.54) is 7.11 Å². The van der Waals surface area contributed by atoms with E-state index in [0.29, 0.717) is 13.0 Å². The lowest BCUT2D eigenvalue weighted by atomic mass is 10.2. The number of methoxy groups -OCH3 is 1. The Kier molecular flexibility index (Phi) is 6.54. The average molecular weight is 189 g/mol. The number of aliphatic hydroxyl groups is 1. The number of carbonyl (C=O) groups is 1. The Balaban J connectivity index is 3.37. The molecule has 0 aliphatic rings. The molecule has 13 heavy (non-hydrogen) atoms. The zero-order valence-corrected chi connectivity index (χ0v) is 8.54. The van der Waals surface area contributed by atoms with E-state index in [2.05, 4.69) is 10.1 Å². The predicted molar refractivity (Wildman–Crippen MR) is 50.3 cm³/mol. The summed E-state index contributed by atoms with van der Waals surface area (Å²) in [6.07, 6.45) is 0.411. The SMILES string of the molecule is COC(=O)C(C)CNCCC(C)O. The van der Waals surface area contributed by atoms with Gasteiger partial charge >= 0.3 is 5.97 Å². The second kappa shape index (κ2) is 6.86. The number of hydrogen-bond acceptors (Lipinski definition) is 4. The van der Waals surface area contributed by atoms with Gasteiger partial charge < -0.3 is 15.2 Å². The summed E-state index contributed by atoms with van der Waals surface area (Å²) < 4.78 is 4.56. The molecule has 2 N–H and O–H groups in total. The third kappa shape index (κ3) is 6.54. The van der Waals surface area contributed by atoms with Crippen LogP contribution >= 0.6 is 0 Å². The second-order valence-electron chi connectivity index (χ2n) is 3.27. The summed E-state index contributed by atoms with van der Waals surface area (Å²) in [4.78, 5) is 10.9. The van der Waals surface area contributed by atoms with Crippen LogP contribution in [-0.2, 0) is 9.53 Å². The molecule has 0 amide bonds. The highest BCUT2D eigenvalue weighted by Crippen LogP contribution is 1.95. The standard InChI is InChI=1S/C9H19NO3/c1-7(9(12)13-3)6-10-5-4-8(2)11/h7-8,10-11H,4-6H2,1-3H3. The van der Waals surface area contributed by atoms with E-state index >= 15 is 0 Å². The van der Waals surface area contributed by atoms with E-state index in [0.717, 1.165) is 6.54 Å². The van der Waals surface area contributed by atoms with Crippen LogP contribution in [0.2, 0.25) is 0 Å². The van der Waals surface area contributed by atoms with Crippen LogP contribution in [0.1, 0.15) is 20.3 Å². The van der Waals surface area contributed by atoms with Crippen LogP contribution in [-0.4, -0.2) is 37.4 Å². The number of carbonyl (C=O) groups excluding carboxylic acids is 1. The van der Waals surface area contributed by atoms with E-state index in [4.69, 9.17) is 5.11 Å². The van der Waals surface area contributed by atoms with Crippen molar-refractivity contribution >= 4 is 5.97 Å². The summed E-state index contributed by atoms with van der Waals surface area (Å²) in [5, 5.41) is 12.0. The highest BCUT2D eigenvalue weighted by molar-refractivity contribution is 5.71. The summed E-state index contributed by atoms with van der Waals surface area (Å²) in [6, 6.07) is 0. The summed E-state index contributed by atoms with van der Waals surface area (Å²) >= 11 is 0. The molecule has 78 valence electrons. The molecule has 2 atom stereocenters. The van der Waals surface area contributed by atoms with E-state index in [1.54, 1.807) is 13.8 Å². The zero-order chi connectivity index (χ0) is 10.3. The van der Waals surface area contributed by atoms with Gasteiger partial charge in [0.25, 0.3) is 0 Å². The number of ether oxygens (including phenoxy) is 1. The molecule has 0 spiro atoms. The Bertz CT molecular complexity index is 148. The first-order valence-electron chi connectivity index (χ1n) is 4.54. The van der Waals surface area contributed by atoms with E-state index in [-0.39, 0.29) is 18.0 Å². The summed E-state index contributed by atoms with van der Waals surface area (Å²) in [7, 11) is 1.38. The van der Waals surface area contributed by atoms with Gasteiger partial charge in [0, 0.05) is 6.54 Å². The number of esters is 1. The van der Waals surface area contributed by atoms with Crippen molar-refractivity contribution in [2.45, 2.75) is 26.4 Å². The van der Waals surface area contributed by atoms with E-state index < -0.39 is 0 Å². The van der Waals surface area contributed by atoms with Crippen molar-refractivity contribution in [1.29, 1.82) is 0 Å². The fourth-order valence-corrected chi connectivity index (χ4v) is 0.914. The molecule has 0 bridgehead atoms. The molecule has 0 saturated heterocycles. The lowest BCUT2D eigenvalue weighted by molar-refractivity contribution is -0.144. The number of hydrogen-bond donors (Lipinski definition) is 2. The molecule has 0 fully saturated rings. The Hall–Kier alpha value is -0.610. The van der Waals surface area contributed by atoms with Gasteiger partial charge in [0.2, 0.25) is 0 Å². The fraction of sp³-hybridized carbons (Fsp3) is 0.889. The first-order valence-corrected chi connectivity index (χ1v) is 4.54. The summed E-state index contributed by atoms with van der Waals surface area (Å²) in [6.45, 7) is 4.87. The minimum atomic E-state index is -0.291. The topological polar surface area (TPSA) is 58.6 Å². The predicted octanol–water partition coefficient (Wildman–Crippen LogP) is 0.156. The van der Waals surface area contributed by atoms with Gasteiger partial charge in [-0.3, -0.25) is 4.79 Å². The molecule has 0 heterocycles. The fourth-order valence-electron chi connectivity index (χ4n) is 0.914. The van der Waals surface area contributed by atoms with Crippen LogP contribution < -0.4 is 5.32 Å². The van der Waals surface area contributed by atoms with Crippen LogP contribution in [0.4, 0.5) is 0 Å². The van der Waals surface area contributed by atoms with Crippen LogP contribution in [0.3, 0.4) is 0 Å². The molecule has 2 unspecified atom stereocenters. The van der Waals surface area contributed by atoms with Gasteiger partial charge in [0.05, 0.1) is 19.1 Å². The van der Waals surface area contributed by atoms with Crippen molar-refractivity contribution in [3.8, 4) is 0 Å². The molecule has 0 aromatic rings. The van der Waals surface area contributed by atoms with Crippen molar-refractivity contribution in [1.82, 2.24) is 5.32 Å². The lowest BCUT2D eigenvalue weighted by Crippen LogP contribution is -2.29. The monoisotopic (exact) mass is 189 g/mol. The smallest absolute Gasteiger partial charge is 0.309 e. The van der Waals surface area contributed by atoms with Crippen LogP contribution in [0.5, 0.6) is 0 Å². The first kappa shape index (κ1) is 12.4. The van der Waals surface area contributed by atoms with Crippen LogP contribution in [0, 0.1) is 5.92 Å². The van der Waals surface area contributed by atoms with Gasteiger partial charge in [0.1, 0.15) is 0 Å². The lowest BCUT2D eigenvalue weighted by Gasteiger charge is -2.10. The van der Waals surface area contributed by atoms with Crippen LogP contribution in [0.25, 0.3) is 0 Å². The van der Waals surface area contributed by atoms with Crippen LogP contribution in [0.15, 0.2) is 0 Å².